The van der Waals surface area contributed by atoms with E-state index >= 15 is 0 Å². The van der Waals surface area contributed by atoms with Crippen molar-refractivity contribution >= 4 is 28.7 Å². The highest BCUT2D eigenvalue weighted by atomic mass is 16.5. The van der Waals surface area contributed by atoms with Crippen molar-refractivity contribution in [3.05, 3.63) is 36.3 Å². The van der Waals surface area contributed by atoms with Gasteiger partial charge in [0, 0.05) is 6.20 Å². The third-order valence-electron chi connectivity index (χ3n) is 2.72. The Hall–Kier alpha value is -3.03. The molecule has 0 saturated heterocycles. The van der Waals surface area contributed by atoms with Gasteiger partial charge in [-0.2, -0.15) is 0 Å². The number of nitrogens with one attached hydrogen (secondary N) is 3. The fourth-order valence-electron chi connectivity index (χ4n) is 1.73. The molecule has 0 spiro atoms. The van der Waals surface area contributed by atoms with E-state index in [-0.39, 0.29) is 12.2 Å². The molecule has 8 nitrogen and oxygen atoms in total. The average Bonchev–Trinajstić information content (AvgIpc) is 2.94. The van der Waals surface area contributed by atoms with Gasteiger partial charge in [-0.25, -0.2) is 20.0 Å². The summed E-state index contributed by atoms with van der Waals surface area (Å²) in [5.74, 6) is -0.237. The second kappa shape index (κ2) is 7.11. The van der Waals surface area contributed by atoms with Crippen LogP contribution < -0.4 is 10.9 Å². The summed E-state index contributed by atoms with van der Waals surface area (Å²) in [7, 11) is 1.23. The first-order valence-electron chi connectivity index (χ1n) is 6.57. The number of carbonyl (C=O) groups excluding carboxylic acids is 2. The van der Waals surface area contributed by atoms with E-state index in [1.54, 1.807) is 6.92 Å². The Morgan fingerprint density at radius 3 is 2.82 bits per heavy atom. The summed E-state index contributed by atoms with van der Waals surface area (Å²) in [5, 5.41) is 0. The standard InChI is InChI=1S/C14H16N4O4/c1-3-22-13(19)9(8-15-18-14(20)21-2)12-16-10-6-4-5-7-11(10)17-12/h4-8,15H,3H2,1-2H3,(H,16,17)(H,18,20)/b9-8+. The number of H-pyrrole nitrogens is 1. The maximum atomic E-state index is 12.0. The van der Waals surface area contributed by atoms with Gasteiger partial charge in [0.2, 0.25) is 0 Å². The fraction of sp³-hybridized carbons (Fsp3) is 0.214. The van der Waals surface area contributed by atoms with Crippen LogP contribution in [0.25, 0.3) is 16.6 Å². The second-order valence-corrected chi connectivity index (χ2v) is 4.14. The van der Waals surface area contributed by atoms with Crippen LogP contribution in [-0.2, 0) is 14.3 Å². The van der Waals surface area contributed by atoms with Crippen LogP contribution in [0.2, 0.25) is 0 Å². The molecule has 1 amide bonds. The summed E-state index contributed by atoms with van der Waals surface area (Å²) in [6.45, 7) is 1.93. The number of methoxy groups -OCH3 is 1. The molecule has 1 heterocycles. The average molecular weight is 304 g/mol. The number of aromatic nitrogens is 2. The first-order valence-corrected chi connectivity index (χ1v) is 6.57. The second-order valence-electron chi connectivity index (χ2n) is 4.14. The van der Waals surface area contributed by atoms with Crippen molar-refractivity contribution in [1.82, 2.24) is 20.8 Å². The van der Waals surface area contributed by atoms with E-state index in [1.807, 2.05) is 24.3 Å². The summed E-state index contributed by atoms with van der Waals surface area (Å²) >= 11 is 0. The molecule has 1 aromatic heterocycles. The molecule has 2 rings (SSSR count). The molecule has 0 aliphatic heterocycles. The highest BCUT2D eigenvalue weighted by Gasteiger charge is 2.17. The number of para-hydroxylation sites is 2. The lowest BCUT2D eigenvalue weighted by Crippen LogP contribution is -2.34. The van der Waals surface area contributed by atoms with Crippen molar-refractivity contribution in [3.63, 3.8) is 0 Å². The smallest absolute Gasteiger partial charge is 0.425 e. The SMILES string of the molecule is CCOC(=O)/C(=C/NNC(=O)OC)c1nc2ccccc2[nH]1. The fourth-order valence-corrected chi connectivity index (χ4v) is 1.73. The Morgan fingerprint density at radius 1 is 1.36 bits per heavy atom. The van der Waals surface area contributed by atoms with E-state index in [0.29, 0.717) is 11.3 Å². The molecule has 8 heteroatoms. The number of rotatable bonds is 5. The van der Waals surface area contributed by atoms with E-state index in [2.05, 4.69) is 25.6 Å². The van der Waals surface area contributed by atoms with Crippen molar-refractivity contribution in [2.24, 2.45) is 0 Å². The van der Waals surface area contributed by atoms with Gasteiger partial charge in [0.25, 0.3) is 0 Å². The van der Waals surface area contributed by atoms with Crippen molar-refractivity contribution in [3.8, 4) is 0 Å². The zero-order valence-corrected chi connectivity index (χ0v) is 12.2. The molecule has 2 aromatic rings. The van der Waals surface area contributed by atoms with E-state index in [4.69, 9.17) is 4.74 Å². The number of hydrazine groups is 1. The molecule has 0 aliphatic rings. The summed E-state index contributed by atoms with van der Waals surface area (Å²) in [4.78, 5) is 30.4. The highest BCUT2D eigenvalue weighted by molar-refractivity contribution is 6.15. The van der Waals surface area contributed by atoms with Crippen LogP contribution in [0.4, 0.5) is 4.79 Å². The number of aromatic amines is 1. The number of esters is 1. The van der Waals surface area contributed by atoms with Crippen LogP contribution >= 0.6 is 0 Å². The quantitative estimate of drug-likeness (QED) is 0.437. The van der Waals surface area contributed by atoms with Crippen molar-refractivity contribution in [2.75, 3.05) is 13.7 Å². The molecule has 3 N–H and O–H groups in total. The van der Waals surface area contributed by atoms with Gasteiger partial charge in [0.05, 0.1) is 24.8 Å². The van der Waals surface area contributed by atoms with Crippen LogP contribution in [0.3, 0.4) is 0 Å². The first kappa shape index (κ1) is 15.4. The number of nitrogens with zero attached hydrogens (tertiary/aromatic N) is 1. The molecule has 22 heavy (non-hydrogen) atoms. The molecular formula is C14H16N4O4. The Labute approximate surface area is 126 Å². The summed E-state index contributed by atoms with van der Waals surface area (Å²) in [6, 6.07) is 7.36. The normalized spacial score (nSPS) is 11.1. The van der Waals surface area contributed by atoms with E-state index < -0.39 is 12.1 Å². The number of benzene rings is 1. The Morgan fingerprint density at radius 2 is 2.14 bits per heavy atom. The van der Waals surface area contributed by atoms with Gasteiger partial charge in [-0.3, -0.25) is 0 Å². The van der Waals surface area contributed by atoms with Gasteiger partial charge < -0.3 is 19.9 Å². The van der Waals surface area contributed by atoms with Crippen LogP contribution in [0.1, 0.15) is 12.7 Å². The number of ether oxygens (including phenoxy) is 2. The predicted octanol–water partition coefficient (Wildman–Crippen LogP) is 1.33. The molecule has 116 valence electrons. The van der Waals surface area contributed by atoms with Gasteiger partial charge in [-0.1, -0.05) is 12.1 Å². The van der Waals surface area contributed by atoms with Crippen molar-refractivity contribution < 1.29 is 19.1 Å². The number of hydrogen-bond donors (Lipinski definition) is 3. The summed E-state index contributed by atoms with van der Waals surface area (Å²) in [6.07, 6.45) is 0.594. The molecule has 0 radical (unpaired) electrons. The first-order chi connectivity index (χ1) is 10.7. The maximum Gasteiger partial charge on any atom is 0.425 e. The van der Waals surface area contributed by atoms with Crippen molar-refractivity contribution in [1.29, 1.82) is 0 Å². The highest BCUT2D eigenvalue weighted by Crippen LogP contribution is 2.17. The lowest BCUT2D eigenvalue weighted by Gasteiger charge is -2.06. The Kier molecular flexibility index (Phi) is 4.97. The molecule has 0 fully saturated rings. The topological polar surface area (TPSA) is 105 Å². The Bertz CT molecular complexity index is 675. The van der Waals surface area contributed by atoms with Crippen LogP contribution in [0.5, 0.6) is 0 Å². The number of fused-ring (bicyclic) bond motifs is 1. The monoisotopic (exact) mass is 304 g/mol. The molecule has 0 atom stereocenters. The van der Waals surface area contributed by atoms with E-state index in [9.17, 15) is 9.59 Å². The van der Waals surface area contributed by atoms with E-state index in [1.165, 1.54) is 13.3 Å². The number of amides is 1. The minimum atomic E-state index is -0.691. The van der Waals surface area contributed by atoms with Crippen molar-refractivity contribution in [2.45, 2.75) is 6.92 Å². The van der Waals surface area contributed by atoms with E-state index in [0.717, 1.165) is 5.52 Å². The summed E-state index contributed by atoms with van der Waals surface area (Å²) < 4.78 is 9.40. The number of imidazole rings is 1. The zero-order valence-electron chi connectivity index (χ0n) is 12.2. The molecule has 0 unspecified atom stereocenters. The molecule has 0 aliphatic carbocycles. The third kappa shape index (κ3) is 3.54. The minimum Gasteiger partial charge on any atom is -0.462 e. The zero-order chi connectivity index (χ0) is 15.9. The maximum absolute atomic E-state index is 12.0. The van der Waals surface area contributed by atoms with Gasteiger partial charge in [-0.15, -0.1) is 0 Å². The van der Waals surface area contributed by atoms with Crippen LogP contribution in [0, 0.1) is 0 Å². The molecular weight excluding hydrogens is 288 g/mol. The van der Waals surface area contributed by atoms with Crippen LogP contribution in [0.15, 0.2) is 30.5 Å². The van der Waals surface area contributed by atoms with Gasteiger partial charge in [0.1, 0.15) is 11.4 Å². The number of hydrogen-bond acceptors (Lipinski definition) is 6. The van der Waals surface area contributed by atoms with Crippen LogP contribution in [-0.4, -0.2) is 35.7 Å². The Balaban J connectivity index is 2.28. The lowest BCUT2D eigenvalue weighted by molar-refractivity contribution is -0.136. The largest absolute Gasteiger partial charge is 0.462 e. The third-order valence-corrected chi connectivity index (χ3v) is 2.72. The number of carbonyl (C=O) groups is 2. The predicted molar refractivity (Wildman–Crippen MR) is 79.4 cm³/mol. The van der Waals surface area contributed by atoms with Gasteiger partial charge >= 0.3 is 12.1 Å². The molecule has 0 bridgehead atoms. The van der Waals surface area contributed by atoms with Gasteiger partial charge in [-0.05, 0) is 19.1 Å². The molecule has 1 aromatic carbocycles. The molecule has 0 saturated carbocycles. The summed E-state index contributed by atoms with van der Waals surface area (Å²) in [5.41, 5.74) is 6.35. The van der Waals surface area contributed by atoms with Gasteiger partial charge in [0.15, 0.2) is 0 Å². The lowest BCUT2D eigenvalue weighted by atomic mass is 10.3. The minimum absolute atomic E-state index is 0.148.